The van der Waals surface area contributed by atoms with Gasteiger partial charge in [-0.3, -0.25) is 28.8 Å². The van der Waals surface area contributed by atoms with E-state index in [4.69, 9.17) is 24.1 Å². The molecule has 2 atom stereocenters. The van der Waals surface area contributed by atoms with Crippen LogP contribution in [-0.2, 0) is 52.5 Å². The zero-order valence-electron chi connectivity index (χ0n) is 38.9. The molecule has 0 bridgehead atoms. The van der Waals surface area contributed by atoms with Gasteiger partial charge in [0.25, 0.3) is 0 Å². The summed E-state index contributed by atoms with van der Waals surface area (Å²) in [6.45, 7) is 10.8. The van der Waals surface area contributed by atoms with Gasteiger partial charge in [-0.05, 0) is 52.4 Å². The molecule has 0 fully saturated rings. The summed E-state index contributed by atoms with van der Waals surface area (Å²) < 4.78 is 20.8. The minimum Gasteiger partial charge on any atom is -0.481 e. The second-order valence-electron chi connectivity index (χ2n) is 15.8. The Morgan fingerprint density at radius 2 is 1.00 bits per heavy atom. The molecule has 0 rings (SSSR count). The van der Waals surface area contributed by atoms with Crippen molar-refractivity contribution in [3.63, 3.8) is 0 Å². The second kappa shape index (κ2) is 45.6. The van der Waals surface area contributed by atoms with Crippen LogP contribution in [0, 0.1) is 5.92 Å². The maximum atomic E-state index is 12.0. The first kappa shape index (κ1) is 60.6. The van der Waals surface area contributed by atoms with E-state index in [2.05, 4.69) is 16.0 Å². The van der Waals surface area contributed by atoms with Crippen LogP contribution >= 0.6 is 0 Å². The third-order valence-corrected chi connectivity index (χ3v) is 9.98. The van der Waals surface area contributed by atoms with Gasteiger partial charge in [-0.2, -0.15) is 0 Å². The molecular weight excluding hydrogens is 803 g/mol. The number of amides is 3. The monoisotopic (exact) mass is 890 g/mol. The van der Waals surface area contributed by atoms with Crippen molar-refractivity contribution in [3.8, 4) is 0 Å². The summed E-state index contributed by atoms with van der Waals surface area (Å²) in [4.78, 5) is 79.5. The first-order chi connectivity index (χ1) is 29.8. The van der Waals surface area contributed by atoms with Gasteiger partial charge in [0.2, 0.25) is 17.7 Å². The number of aliphatic carboxylic acids is 2. The first-order valence-corrected chi connectivity index (χ1v) is 23.4. The molecule has 0 radical (unpaired) electrons. The lowest BCUT2D eigenvalue weighted by atomic mass is 10.0. The van der Waals surface area contributed by atoms with Crippen LogP contribution in [0.1, 0.15) is 177 Å². The van der Waals surface area contributed by atoms with E-state index in [0.717, 1.165) is 64.2 Å². The molecule has 0 aliphatic carbocycles. The fraction of sp³-hybridized carbons (Fsp3) is 0.848. The quantitative estimate of drug-likeness (QED) is 0.0389. The van der Waals surface area contributed by atoms with E-state index < -0.39 is 18.0 Å². The van der Waals surface area contributed by atoms with Crippen molar-refractivity contribution in [2.45, 2.75) is 181 Å². The Bertz CT molecular complexity index is 1180. The Balaban J connectivity index is -0.00000113. The lowest BCUT2D eigenvalue weighted by molar-refractivity contribution is -0.142. The number of carbonyl (C=O) groups excluding carboxylic acids is 5. The Kier molecular flexibility index (Phi) is 44.5. The number of ether oxygens (including phenoxy) is 4. The fourth-order valence-electron chi connectivity index (χ4n) is 6.10. The van der Waals surface area contributed by atoms with E-state index in [1.54, 1.807) is 6.92 Å². The van der Waals surface area contributed by atoms with Gasteiger partial charge in [0.1, 0.15) is 30.8 Å². The van der Waals surface area contributed by atoms with Crippen molar-refractivity contribution in [3.05, 3.63) is 0 Å². The molecule has 0 aliphatic heterocycles. The van der Waals surface area contributed by atoms with Crippen LogP contribution in [0.25, 0.3) is 0 Å². The molecule has 16 nitrogen and oxygen atoms in total. The van der Waals surface area contributed by atoms with Gasteiger partial charge in [-0.1, -0.05) is 97.3 Å². The summed E-state index contributed by atoms with van der Waals surface area (Å²) in [5.74, 6) is -2.05. The minimum absolute atomic E-state index is 0. The molecule has 0 aromatic carbocycles. The summed E-state index contributed by atoms with van der Waals surface area (Å²) in [5, 5.41) is 25.8. The highest BCUT2D eigenvalue weighted by atomic mass is 16.5. The van der Waals surface area contributed by atoms with Crippen LogP contribution in [0.3, 0.4) is 0 Å². The molecule has 0 heterocycles. The molecule has 0 unspecified atom stereocenters. The maximum absolute atomic E-state index is 12.0. The summed E-state index contributed by atoms with van der Waals surface area (Å²) in [7, 11) is 0. The number of carbonyl (C=O) groups is 7. The number of hydrogen-bond donors (Lipinski definition) is 5. The van der Waals surface area contributed by atoms with Gasteiger partial charge in [0.05, 0.1) is 33.0 Å². The van der Waals surface area contributed by atoms with E-state index in [1.807, 2.05) is 20.8 Å². The van der Waals surface area contributed by atoms with E-state index in [0.29, 0.717) is 72.0 Å². The normalized spacial score (nSPS) is 11.8. The number of rotatable bonds is 44. The lowest BCUT2D eigenvalue weighted by Gasteiger charge is -2.14. The van der Waals surface area contributed by atoms with Crippen LogP contribution in [0.5, 0.6) is 0 Å². The Morgan fingerprint density at radius 1 is 0.516 bits per heavy atom. The number of hydrogen-bond acceptors (Lipinski definition) is 11. The van der Waals surface area contributed by atoms with E-state index >= 15 is 0 Å². The summed E-state index contributed by atoms with van der Waals surface area (Å²) in [6.07, 6.45) is 20.5. The Labute approximate surface area is 373 Å². The molecular formula is C46H87N3O13. The van der Waals surface area contributed by atoms with Crippen molar-refractivity contribution < 1.29 is 64.1 Å². The van der Waals surface area contributed by atoms with E-state index in [1.165, 1.54) is 51.4 Å². The van der Waals surface area contributed by atoms with Crippen LogP contribution in [0.4, 0.5) is 0 Å². The zero-order chi connectivity index (χ0) is 46.5. The molecule has 0 aliphatic rings. The zero-order valence-corrected chi connectivity index (χ0v) is 38.9. The first-order valence-electron chi connectivity index (χ1n) is 23.4. The standard InChI is InChI=1S/C26H47NO6.C20H38N2O7.H2/c1-2-17-22(28)20-21-23(26(32)33)27-24(29)18-15-13-11-9-7-5-3-4-6-8-10-12-14-16-19-25(30)31;1-4-26-11-13-28-16-20(25)22-9-10-27-12-14-29-15-19(24)21-8-6-5-7-17(2)18(3)23;/h23H,2-21H2,1H3,(H,27,29)(H,30,31)(H,32,33);17H,4-16H2,1-3H3,(H,21,24)(H,22,25);1H/t23-;17-;/m00./s1. The molecule has 0 saturated carbocycles. The van der Waals surface area contributed by atoms with Crippen LogP contribution in [0.2, 0.25) is 0 Å². The Hall–Kier alpha value is -3.47. The molecule has 364 valence electrons. The lowest BCUT2D eigenvalue weighted by Crippen LogP contribution is -2.41. The third kappa shape index (κ3) is 46.0. The van der Waals surface area contributed by atoms with Gasteiger partial charge in [0.15, 0.2) is 0 Å². The van der Waals surface area contributed by atoms with Crippen molar-refractivity contribution >= 4 is 41.2 Å². The number of carboxylic acids is 2. The summed E-state index contributed by atoms with van der Waals surface area (Å²) >= 11 is 0. The third-order valence-electron chi connectivity index (χ3n) is 9.98. The van der Waals surface area contributed by atoms with Gasteiger partial charge >= 0.3 is 11.9 Å². The topological polar surface area (TPSA) is 233 Å². The van der Waals surface area contributed by atoms with Crippen LogP contribution < -0.4 is 16.0 Å². The van der Waals surface area contributed by atoms with Crippen LogP contribution in [0.15, 0.2) is 0 Å². The number of ketones is 2. The fourth-order valence-corrected chi connectivity index (χ4v) is 6.10. The van der Waals surface area contributed by atoms with Crippen molar-refractivity contribution in [1.29, 1.82) is 0 Å². The van der Waals surface area contributed by atoms with Crippen LogP contribution in [-0.4, -0.2) is 123 Å². The number of nitrogens with one attached hydrogen (secondary N) is 3. The smallest absolute Gasteiger partial charge is 0.326 e. The van der Waals surface area contributed by atoms with E-state index in [9.17, 15) is 38.7 Å². The van der Waals surface area contributed by atoms with Crippen molar-refractivity contribution in [2.24, 2.45) is 5.92 Å². The maximum Gasteiger partial charge on any atom is 0.326 e. The molecule has 0 aromatic heterocycles. The summed E-state index contributed by atoms with van der Waals surface area (Å²) in [6, 6.07) is -0.977. The molecule has 0 aromatic rings. The second-order valence-corrected chi connectivity index (χ2v) is 15.8. The number of unbranched alkanes of at least 4 members (excludes halogenated alkanes) is 14. The van der Waals surface area contributed by atoms with Gasteiger partial charge in [-0.15, -0.1) is 0 Å². The van der Waals surface area contributed by atoms with Crippen molar-refractivity contribution in [1.82, 2.24) is 16.0 Å². The highest BCUT2D eigenvalue weighted by Crippen LogP contribution is 2.14. The largest absolute Gasteiger partial charge is 0.481 e. The number of Topliss-reactive ketones (excluding diaryl/α,β-unsaturated/α-hetero) is 2. The highest BCUT2D eigenvalue weighted by Gasteiger charge is 2.20. The average Bonchev–Trinajstić information content (AvgIpc) is 3.22. The SMILES string of the molecule is CCCC(=O)CC[C@H](NC(=O)CCCCCCCCCCCCCCCCC(=O)O)C(=O)O.CCOCCOCC(=O)NCCOCCOCC(=O)NCCCC[C@H](C)C(C)=O.[HH]. The van der Waals surface area contributed by atoms with Crippen molar-refractivity contribution in [2.75, 3.05) is 65.9 Å². The summed E-state index contributed by atoms with van der Waals surface area (Å²) in [5.41, 5.74) is 0. The average molecular weight is 890 g/mol. The Morgan fingerprint density at radius 3 is 1.48 bits per heavy atom. The predicted octanol–water partition coefficient (Wildman–Crippen LogP) is 6.98. The predicted molar refractivity (Wildman–Crippen MR) is 241 cm³/mol. The van der Waals surface area contributed by atoms with Gasteiger partial charge in [0, 0.05) is 52.7 Å². The van der Waals surface area contributed by atoms with E-state index in [-0.39, 0.29) is 62.7 Å². The molecule has 62 heavy (non-hydrogen) atoms. The minimum atomic E-state index is -1.08. The molecule has 0 spiro atoms. The molecule has 3 amide bonds. The molecule has 5 N–H and O–H groups in total. The molecule has 16 heteroatoms. The molecule has 0 saturated heterocycles. The number of carboxylic acid groups (broad SMARTS) is 2. The van der Waals surface area contributed by atoms with Gasteiger partial charge < -0.3 is 45.1 Å². The highest BCUT2D eigenvalue weighted by molar-refractivity contribution is 5.84. The van der Waals surface area contributed by atoms with Gasteiger partial charge in [-0.25, -0.2) is 4.79 Å².